The second-order valence-electron chi connectivity index (χ2n) is 4.38. The Morgan fingerprint density at radius 3 is 2.71 bits per heavy atom. The summed E-state index contributed by atoms with van der Waals surface area (Å²) in [6.45, 7) is 2.74. The van der Waals surface area contributed by atoms with Gasteiger partial charge in [-0.05, 0) is 31.2 Å². The summed E-state index contributed by atoms with van der Waals surface area (Å²) in [6.07, 6.45) is 1.61. The van der Waals surface area contributed by atoms with Gasteiger partial charge in [0.1, 0.15) is 11.3 Å². The predicted octanol–water partition coefficient (Wildman–Crippen LogP) is 2.54. The summed E-state index contributed by atoms with van der Waals surface area (Å²) in [5.41, 5.74) is 2.30. The number of nitrogens with one attached hydrogen (secondary N) is 3. The zero-order chi connectivity index (χ0) is 14.7. The number of fused-ring (bicyclic) bond motifs is 1. The summed E-state index contributed by atoms with van der Waals surface area (Å²) in [5, 5.41) is 6.36. The highest BCUT2D eigenvalue weighted by atomic mass is 16.5. The standard InChI is InChI=1S/C14H16N6O/c1-3-15-14-19-12-11(16-8-17-12)13(20-14)18-9-4-6-10(21-2)7-5-9/h4-8H,3H2,1-2H3,(H3,15,16,17,18,19,20). The smallest absolute Gasteiger partial charge is 0.226 e. The summed E-state index contributed by atoms with van der Waals surface area (Å²) in [7, 11) is 1.64. The van der Waals surface area contributed by atoms with Crippen molar-refractivity contribution >= 4 is 28.6 Å². The molecule has 3 N–H and O–H groups in total. The van der Waals surface area contributed by atoms with Crippen LogP contribution in [0.5, 0.6) is 5.75 Å². The van der Waals surface area contributed by atoms with Gasteiger partial charge >= 0.3 is 0 Å². The highest BCUT2D eigenvalue weighted by Gasteiger charge is 2.09. The van der Waals surface area contributed by atoms with E-state index in [0.29, 0.717) is 17.4 Å². The maximum atomic E-state index is 5.15. The average molecular weight is 284 g/mol. The largest absolute Gasteiger partial charge is 0.497 e. The molecule has 0 saturated heterocycles. The highest BCUT2D eigenvalue weighted by Crippen LogP contribution is 2.24. The van der Waals surface area contributed by atoms with Gasteiger partial charge in [-0.25, -0.2) is 4.98 Å². The normalized spacial score (nSPS) is 10.6. The van der Waals surface area contributed by atoms with Crippen LogP contribution in [0.25, 0.3) is 11.2 Å². The van der Waals surface area contributed by atoms with E-state index in [4.69, 9.17) is 4.74 Å². The summed E-state index contributed by atoms with van der Waals surface area (Å²) >= 11 is 0. The molecule has 0 aliphatic heterocycles. The third kappa shape index (κ3) is 2.71. The number of aromatic amines is 1. The zero-order valence-electron chi connectivity index (χ0n) is 11.8. The van der Waals surface area contributed by atoms with Crippen LogP contribution >= 0.6 is 0 Å². The molecule has 7 heteroatoms. The van der Waals surface area contributed by atoms with Crippen molar-refractivity contribution in [2.75, 3.05) is 24.3 Å². The van der Waals surface area contributed by atoms with Gasteiger partial charge in [-0.1, -0.05) is 0 Å². The number of rotatable bonds is 5. The quantitative estimate of drug-likeness (QED) is 0.667. The molecule has 2 heterocycles. The Labute approximate surface area is 121 Å². The summed E-state index contributed by atoms with van der Waals surface area (Å²) in [6, 6.07) is 7.63. The fourth-order valence-corrected chi connectivity index (χ4v) is 1.97. The third-order valence-electron chi connectivity index (χ3n) is 2.97. The first-order chi connectivity index (χ1) is 10.3. The van der Waals surface area contributed by atoms with Gasteiger partial charge in [0, 0.05) is 12.2 Å². The SMILES string of the molecule is CCNc1nc(Nc2ccc(OC)cc2)c2[nH]cnc2n1. The minimum Gasteiger partial charge on any atom is -0.497 e. The minimum absolute atomic E-state index is 0.549. The van der Waals surface area contributed by atoms with E-state index in [0.717, 1.165) is 23.5 Å². The topological polar surface area (TPSA) is 87.8 Å². The highest BCUT2D eigenvalue weighted by molar-refractivity contribution is 5.86. The lowest BCUT2D eigenvalue weighted by molar-refractivity contribution is 0.415. The number of H-pyrrole nitrogens is 1. The Morgan fingerprint density at radius 2 is 2.00 bits per heavy atom. The molecule has 3 aromatic rings. The molecule has 7 nitrogen and oxygen atoms in total. The van der Waals surface area contributed by atoms with Gasteiger partial charge in [-0.2, -0.15) is 9.97 Å². The third-order valence-corrected chi connectivity index (χ3v) is 2.97. The maximum Gasteiger partial charge on any atom is 0.226 e. The van der Waals surface area contributed by atoms with Crippen molar-refractivity contribution < 1.29 is 4.74 Å². The van der Waals surface area contributed by atoms with Gasteiger partial charge in [0.15, 0.2) is 11.5 Å². The Bertz CT molecular complexity index is 737. The Balaban J connectivity index is 1.95. The van der Waals surface area contributed by atoms with Gasteiger partial charge < -0.3 is 20.4 Å². The Hall–Kier alpha value is -2.83. The van der Waals surface area contributed by atoms with Crippen LogP contribution in [0.4, 0.5) is 17.5 Å². The molecule has 0 radical (unpaired) electrons. The first kappa shape index (κ1) is 13.2. The van der Waals surface area contributed by atoms with Crippen molar-refractivity contribution in [1.82, 2.24) is 19.9 Å². The van der Waals surface area contributed by atoms with E-state index < -0.39 is 0 Å². The van der Waals surface area contributed by atoms with Crippen molar-refractivity contribution in [3.05, 3.63) is 30.6 Å². The van der Waals surface area contributed by atoms with Gasteiger partial charge in [-0.3, -0.25) is 0 Å². The van der Waals surface area contributed by atoms with E-state index in [1.165, 1.54) is 0 Å². The molecule has 0 atom stereocenters. The van der Waals surface area contributed by atoms with Crippen LogP contribution in [-0.4, -0.2) is 33.6 Å². The lowest BCUT2D eigenvalue weighted by Gasteiger charge is -2.09. The van der Waals surface area contributed by atoms with Crippen molar-refractivity contribution in [2.24, 2.45) is 0 Å². The zero-order valence-corrected chi connectivity index (χ0v) is 11.8. The number of hydrogen-bond donors (Lipinski definition) is 3. The number of anilines is 3. The molecule has 0 bridgehead atoms. The molecule has 0 unspecified atom stereocenters. The fraction of sp³-hybridized carbons (Fsp3) is 0.214. The number of hydrogen-bond acceptors (Lipinski definition) is 6. The van der Waals surface area contributed by atoms with Crippen LogP contribution in [0.3, 0.4) is 0 Å². The van der Waals surface area contributed by atoms with Gasteiger partial charge in [0.05, 0.1) is 13.4 Å². The first-order valence-electron chi connectivity index (χ1n) is 6.66. The van der Waals surface area contributed by atoms with E-state index >= 15 is 0 Å². The summed E-state index contributed by atoms with van der Waals surface area (Å²) in [5.74, 6) is 2.04. The monoisotopic (exact) mass is 284 g/mol. The van der Waals surface area contributed by atoms with E-state index in [1.807, 2.05) is 31.2 Å². The number of benzene rings is 1. The molecule has 3 rings (SSSR count). The minimum atomic E-state index is 0.549. The molecular formula is C14H16N6O. The molecule has 1 aromatic carbocycles. The number of ether oxygens (including phenoxy) is 1. The second-order valence-corrected chi connectivity index (χ2v) is 4.38. The summed E-state index contributed by atoms with van der Waals surface area (Å²) in [4.78, 5) is 16.0. The predicted molar refractivity (Wildman–Crippen MR) is 82.1 cm³/mol. The van der Waals surface area contributed by atoms with Crippen LogP contribution in [0.15, 0.2) is 30.6 Å². The van der Waals surface area contributed by atoms with Gasteiger partial charge in [0.2, 0.25) is 5.95 Å². The average Bonchev–Trinajstić information content (AvgIpc) is 2.97. The van der Waals surface area contributed by atoms with Crippen molar-refractivity contribution in [3.8, 4) is 5.75 Å². The second kappa shape index (κ2) is 5.66. The number of methoxy groups -OCH3 is 1. The van der Waals surface area contributed by atoms with Crippen LogP contribution in [-0.2, 0) is 0 Å². The number of nitrogens with zero attached hydrogens (tertiary/aromatic N) is 3. The molecule has 21 heavy (non-hydrogen) atoms. The molecule has 2 aromatic heterocycles. The molecule has 108 valence electrons. The number of imidazole rings is 1. The van der Waals surface area contributed by atoms with Crippen LogP contribution in [0.2, 0.25) is 0 Å². The van der Waals surface area contributed by atoms with Crippen molar-refractivity contribution in [2.45, 2.75) is 6.92 Å². The molecule has 0 aliphatic carbocycles. The first-order valence-corrected chi connectivity index (χ1v) is 6.66. The van der Waals surface area contributed by atoms with Crippen LogP contribution in [0.1, 0.15) is 6.92 Å². The fourth-order valence-electron chi connectivity index (χ4n) is 1.97. The molecule has 0 saturated carbocycles. The Morgan fingerprint density at radius 1 is 1.19 bits per heavy atom. The van der Waals surface area contributed by atoms with Crippen LogP contribution in [0, 0.1) is 0 Å². The lowest BCUT2D eigenvalue weighted by Crippen LogP contribution is -2.05. The molecule has 0 fully saturated rings. The van der Waals surface area contributed by atoms with E-state index in [9.17, 15) is 0 Å². The maximum absolute atomic E-state index is 5.15. The van der Waals surface area contributed by atoms with E-state index in [-0.39, 0.29) is 0 Å². The molecule has 0 amide bonds. The molecule has 0 aliphatic rings. The van der Waals surface area contributed by atoms with Gasteiger partial charge in [0.25, 0.3) is 0 Å². The molecule has 0 spiro atoms. The van der Waals surface area contributed by atoms with Crippen LogP contribution < -0.4 is 15.4 Å². The molecular weight excluding hydrogens is 268 g/mol. The number of aromatic nitrogens is 4. The van der Waals surface area contributed by atoms with Crippen molar-refractivity contribution in [1.29, 1.82) is 0 Å². The van der Waals surface area contributed by atoms with Crippen molar-refractivity contribution in [3.63, 3.8) is 0 Å². The van der Waals surface area contributed by atoms with E-state index in [1.54, 1.807) is 13.4 Å². The lowest BCUT2D eigenvalue weighted by atomic mass is 10.3. The Kier molecular flexibility index (Phi) is 3.55. The summed E-state index contributed by atoms with van der Waals surface area (Å²) < 4.78 is 5.15. The van der Waals surface area contributed by atoms with E-state index in [2.05, 4.69) is 30.6 Å². The van der Waals surface area contributed by atoms with Gasteiger partial charge in [-0.15, -0.1) is 0 Å².